The summed E-state index contributed by atoms with van der Waals surface area (Å²) in [6.45, 7) is 5.75. The molecule has 1 aliphatic carbocycles. The monoisotopic (exact) mass is 403 g/mol. The molecule has 29 heavy (non-hydrogen) atoms. The van der Waals surface area contributed by atoms with Crippen LogP contribution in [0.2, 0.25) is 5.02 Å². The predicted molar refractivity (Wildman–Crippen MR) is 118 cm³/mol. The summed E-state index contributed by atoms with van der Waals surface area (Å²) in [5.41, 5.74) is 5.44. The Morgan fingerprint density at radius 3 is 2.76 bits per heavy atom. The summed E-state index contributed by atoms with van der Waals surface area (Å²) in [4.78, 5) is 13.2. The van der Waals surface area contributed by atoms with Crippen LogP contribution in [0.3, 0.4) is 0 Å². The first kappa shape index (κ1) is 19.5. The van der Waals surface area contributed by atoms with Gasteiger partial charge in [0.25, 0.3) is 0 Å². The number of rotatable bonds is 6. The van der Waals surface area contributed by atoms with Crippen LogP contribution in [0.15, 0.2) is 55.4 Å². The molecule has 4 nitrogen and oxygen atoms in total. The van der Waals surface area contributed by atoms with Crippen molar-refractivity contribution in [2.24, 2.45) is 0 Å². The van der Waals surface area contributed by atoms with Gasteiger partial charge in [0.1, 0.15) is 0 Å². The Labute approximate surface area is 175 Å². The molecule has 1 aromatic carbocycles. The minimum absolute atomic E-state index is 0.446. The molecule has 2 aromatic heterocycles. The van der Waals surface area contributed by atoms with Crippen LogP contribution >= 0.6 is 11.6 Å². The van der Waals surface area contributed by atoms with Gasteiger partial charge in [-0.3, -0.25) is 4.98 Å². The van der Waals surface area contributed by atoms with Gasteiger partial charge in [0.15, 0.2) is 5.82 Å². The van der Waals surface area contributed by atoms with E-state index in [1.165, 1.54) is 18.4 Å². The first-order valence-electron chi connectivity index (χ1n) is 9.64. The van der Waals surface area contributed by atoms with Crippen LogP contribution in [0.4, 0.5) is 0 Å². The Bertz CT molecular complexity index is 1090. The molecule has 0 amide bonds. The van der Waals surface area contributed by atoms with Crippen molar-refractivity contribution in [3.63, 3.8) is 0 Å². The van der Waals surface area contributed by atoms with Gasteiger partial charge in [-0.25, -0.2) is 9.97 Å². The van der Waals surface area contributed by atoms with Gasteiger partial charge in [-0.15, -0.1) is 0 Å². The number of aromatic nitrogens is 3. The van der Waals surface area contributed by atoms with Crippen LogP contribution < -0.4 is 0 Å². The van der Waals surface area contributed by atoms with E-state index in [1.54, 1.807) is 18.3 Å². The molecule has 3 aromatic rings. The van der Waals surface area contributed by atoms with Gasteiger partial charge in [-0.1, -0.05) is 54.6 Å². The molecule has 4 rings (SSSR count). The molecular weight excluding hydrogens is 382 g/mol. The zero-order chi connectivity index (χ0) is 20.4. The van der Waals surface area contributed by atoms with Crippen LogP contribution in [0, 0.1) is 6.92 Å². The molecule has 5 heteroatoms. The van der Waals surface area contributed by atoms with E-state index in [0.29, 0.717) is 22.5 Å². The third-order valence-corrected chi connectivity index (χ3v) is 5.46. The van der Waals surface area contributed by atoms with Crippen molar-refractivity contribution in [2.75, 3.05) is 0 Å². The quantitative estimate of drug-likeness (QED) is 0.567. The van der Waals surface area contributed by atoms with E-state index < -0.39 is 6.10 Å². The number of benzene rings is 1. The van der Waals surface area contributed by atoms with E-state index in [0.717, 1.165) is 22.4 Å². The Morgan fingerprint density at radius 1 is 1.21 bits per heavy atom. The smallest absolute Gasteiger partial charge is 0.160 e. The number of aliphatic hydroxyl groups is 1. The fourth-order valence-electron chi connectivity index (χ4n) is 3.47. The van der Waals surface area contributed by atoms with E-state index in [1.807, 2.05) is 43.5 Å². The standard InChI is InChI=1S/C24H22ClN3O/c1-3-22-21(25)14-27-24(28-22)20-7-5-4-6-19(20)23(29)11-10-17-15(2)26-13-12-18(17)16-8-9-16/h3-7,10-14,16,23,29H,1,8-9H2,2H3. The maximum atomic E-state index is 10.9. The van der Waals surface area contributed by atoms with E-state index in [9.17, 15) is 5.11 Å². The summed E-state index contributed by atoms with van der Waals surface area (Å²) in [6.07, 6.45) is 10.4. The molecule has 0 aliphatic heterocycles. The highest BCUT2D eigenvalue weighted by Gasteiger charge is 2.26. The number of nitrogens with zero attached hydrogens (tertiary/aromatic N) is 3. The topological polar surface area (TPSA) is 58.9 Å². The number of pyridine rings is 1. The molecular formula is C24H22ClN3O. The van der Waals surface area contributed by atoms with Crippen molar-refractivity contribution in [3.8, 4) is 11.4 Å². The van der Waals surface area contributed by atoms with Crippen LogP contribution in [0.1, 0.15) is 52.9 Å². The molecule has 0 spiro atoms. The summed E-state index contributed by atoms with van der Waals surface area (Å²) in [5, 5.41) is 11.4. The molecule has 1 fully saturated rings. The molecule has 1 aliphatic rings. The Hall–Kier alpha value is -2.82. The lowest BCUT2D eigenvalue weighted by atomic mass is 9.98. The number of halogens is 1. The van der Waals surface area contributed by atoms with E-state index in [4.69, 9.17) is 11.6 Å². The van der Waals surface area contributed by atoms with Crippen LogP contribution in [0.25, 0.3) is 23.5 Å². The zero-order valence-corrected chi connectivity index (χ0v) is 17.0. The third kappa shape index (κ3) is 4.14. The molecule has 2 heterocycles. The SMILES string of the molecule is C=Cc1nc(-c2ccccc2C(O)C=Cc2c(C3CC3)ccnc2C)ncc1Cl. The first-order chi connectivity index (χ1) is 14.1. The van der Waals surface area contributed by atoms with Crippen molar-refractivity contribution in [1.29, 1.82) is 0 Å². The van der Waals surface area contributed by atoms with Crippen molar-refractivity contribution >= 4 is 23.8 Å². The molecule has 1 N–H and O–H groups in total. The predicted octanol–water partition coefficient (Wildman–Crippen LogP) is 5.77. The minimum Gasteiger partial charge on any atom is -0.384 e. The fraction of sp³-hybridized carbons (Fsp3) is 0.208. The zero-order valence-electron chi connectivity index (χ0n) is 16.2. The van der Waals surface area contributed by atoms with E-state index in [2.05, 4.69) is 27.6 Å². The molecule has 1 saturated carbocycles. The summed E-state index contributed by atoms with van der Waals surface area (Å²) in [7, 11) is 0. The summed E-state index contributed by atoms with van der Waals surface area (Å²) >= 11 is 6.10. The van der Waals surface area contributed by atoms with Crippen molar-refractivity contribution < 1.29 is 5.11 Å². The Kier molecular flexibility index (Phi) is 5.56. The maximum Gasteiger partial charge on any atom is 0.160 e. The second-order valence-electron chi connectivity index (χ2n) is 7.20. The van der Waals surface area contributed by atoms with E-state index in [-0.39, 0.29) is 0 Å². The molecule has 0 bridgehead atoms. The average Bonchev–Trinajstić information content (AvgIpc) is 3.58. The number of aryl methyl sites for hydroxylation is 1. The summed E-state index contributed by atoms with van der Waals surface area (Å²) < 4.78 is 0. The molecule has 1 unspecified atom stereocenters. The minimum atomic E-state index is -0.802. The maximum absolute atomic E-state index is 10.9. The van der Waals surface area contributed by atoms with Gasteiger partial charge in [0.05, 0.1) is 23.0 Å². The number of hydrogen-bond donors (Lipinski definition) is 1. The van der Waals surface area contributed by atoms with Gasteiger partial charge in [-0.05, 0) is 54.5 Å². The van der Waals surface area contributed by atoms with Gasteiger partial charge < -0.3 is 5.11 Å². The number of hydrogen-bond acceptors (Lipinski definition) is 4. The lowest BCUT2D eigenvalue weighted by molar-refractivity contribution is 0.230. The highest BCUT2D eigenvalue weighted by atomic mass is 35.5. The third-order valence-electron chi connectivity index (χ3n) is 5.17. The first-order valence-corrected chi connectivity index (χ1v) is 10.0. The van der Waals surface area contributed by atoms with E-state index >= 15 is 0 Å². The highest BCUT2D eigenvalue weighted by Crippen LogP contribution is 2.42. The molecule has 0 radical (unpaired) electrons. The second-order valence-corrected chi connectivity index (χ2v) is 7.60. The lowest BCUT2D eigenvalue weighted by Gasteiger charge is -2.13. The second kappa shape index (κ2) is 8.27. The normalized spacial score (nSPS) is 14.9. The van der Waals surface area contributed by atoms with Crippen LogP contribution in [0.5, 0.6) is 0 Å². The largest absolute Gasteiger partial charge is 0.384 e. The van der Waals surface area contributed by atoms with Crippen molar-refractivity contribution in [2.45, 2.75) is 31.8 Å². The Balaban J connectivity index is 1.68. The molecule has 146 valence electrons. The average molecular weight is 404 g/mol. The van der Waals surface area contributed by atoms with Gasteiger partial charge in [0, 0.05) is 17.5 Å². The van der Waals surface area contributed by atoms with Gasteiger partial charge in [-0.2, -0.15) is 0 Å². The summed E-state index contributed by atoms with van der Waals surface area (Å²) in [5.74, 6) is 1.11. The Morgan fingerprint density at radius 2 is 2.00 bits per heavy atom. The fourth-order valence-corrected chi connectivity index (χ4v) is 3.64. The number of aliphatic hydroxyl groups excluding tert-OH is 1. The van der Waals surface area contributed by atoms with Gasteiger partial charge in [0.2, 0.25) is 0 Å². The van der Waals surface area contributed by atoms with Crippen molar-refractivity contribution in [3.05, 3.63) is 88.5 Å². The molecule has 1 atom stereocenters. The molecule has 0 saturated heterocycles. The van der Waals surface area contributed by atoms with Crippen LogP contribution in [-0.4, -0.2) is 20.1 Å². The van der Waals surface area contributed by atoms with Crippen molar-refractivity contribution in [1.82, 2.24) is 15.0 Å². The van der Waals surface area contributed by atoms with Crippen LogP contribution in [-0.2, 0) is 0 Å². The van der Waals surface area contributed by atoms with Gasteiger partial charge >= 0.3 is 0 Å². The lowest BCUT2D eigenvalue weighted by Crippen LogP contribution is -2.01. The highest BCUT2D eigenvalue weighted by molar-refractivity contribution is 6.31. The summed E-state index contributed by atoms with van der Waals surface area (Å²) in [6, 6.07) is 9.66.